The van der Waals surface area contributed by atoms with Crippen molar-refractivity contribution < 1.29 is 4.79 Å². The third kappa shape index (κ3) is 5.17. The molecule has 1 fully saturated rings. The number of benzene rings is 1. The molecule has 3 heterocycles. The van der Waals surface area contributed by atoms with E-state index in [0.717, 1.165) is 43.6 Å². The second kappa shape index (κ2) is 9.40. The standard InChI is InChI=1S/C26H30N4O/c1-20(2)29-25(31)26(10-13-30(19-26)18-22-7-4-11-27-16-22)15-21-6-3-8-23(14-21)24-9-5-12-28-17-24/h3-9,11-12,14,16-17,20H,10,13,15,18-19H2,1-2H3,(H,29,31). The predicted molar refractivity (Wildman–Crippen MR) is 123 cm³/mol. The summed E-state index contributed by atoms with van der Waals surface area (Å²) < 4.78 is 0. The van der Waals surface area contributed by atoms with Gasteiger partial charge in [0.05, 0.1) is 5.41 Å². The van der Waals surface area contributed by atoms with Crippen molar-refractivity contribution in [3.63, 3.8) is 0 Å². The fourth-order valence-corrected chi connectivity index (χ4v) is 4.45. The lowest BCUT2D eigenvalue weighted by molar-refractivity contribution is -0.131. The van der Waals surface area contributed by atoms with Gasteiger partial charge in [-0.05, 0) is 67.6 Å². The summed E-state index contributed by atoms with van der Waals surface area (Å²) in [6.07, 6.45) is 8.94. The number of likely N-dealkylation sites (tertiary alicyclic amines) is 1. The van der Waals surface area contributed by atoms with Gasteiger partial charge in [-0.3, -0.25) is 19.7 Å². The Bertz CT molecular complexity index is 1010. The zero-order valence-corrected chi connectivity index (χ0v) is 18.3. The highest BCUT2D eigenvalue weighted by atomic mass is 16.2. The lowest BCUT2D eigenvalue weighted by atomic mass is 9.79. The molecular formula is C26H30N4O. The largest absolute Gasteiger partial charge is 0.353 e. The molecule has 1 amide bonds. The van der Waals surface area contributed by atoms with Crippen LogP contribution in [-0.4, -0.2) is 39.9 Å². The lowest BCUT2D eigenvalue weighted by Gasteiger charge is -2.30. The average Bonchev–Trinajstić information content (AvgIpc) is 3.18. The number of pyridine rings is 2. The minimum absolute atomic E-state index is 0.124. The first-order valence-corrected chi connectivity index (χ1v) is 11.0. The number of nitrogens with one attached hydrogen (secondary N) is 1. The second-order valence-electron chi connectivity index (χ2n) is 8.85. The third-order valence-electron chi connectivity index (χ3n) is 5.93. The zero-order chi connectivity index (χ0) is 21.7. The van der Waals surface area contributed by atoms with E-state index in [1.807, 2.05) is 38.4 Å². The number of carbonyl (C=O) groups excluding carboxylic acids is 1. The topological polar surface area (TPSA) is 58.1 Å². The van der Waals surface area contributed by atoms with Crippen LogP contribution < -0.4 is 5.32 Å². The van der Waals surface area contributed by atoms with Crippen LogP contribution in [0, 0.1) is 5.41 Å². The molecule has 0 aliphatic carbocycles. The molecule has 3 aromatic rings. The molecule has 31 heavy (non-hydrogen) atoms. The van der Waals surface area contributed by atoms with E-state index in [9.17, 15) is 4.79 Å². The second-order valence-corrected chi connectivity index (χ2v) is 8.85. The Morgan fingerprint density at radius 1 is 1.03 bits per heavy atom. The van der Waals surface area contributed by atoms with Crippen molar-refractivity contribution in [2.75, 3.05) is 13.1 Å². The van der Waals surface area contributed by atoms with Crippen LogP contribution in [0.15, 0.2) is 73.3 Å². The summed E-state index contributed by atoms with van der Waals surface area (Å²) in [5.74, 6) is 0.156. The molecular weight excluding hydrogens is 384 g/mol. The minimum Gasteiger partial charge on any atom is -0.353 e. The van der Waals surface area contributed by atoms with Gasteiger partial charge in [-0.2, -0.15) is 0 Å². The summed E-state index contributed by atoms with van der Waals surface area (Å²) >= 11 is 0. The number of carbonyl (C=O) groups is 1. The monoisotopic (exact) mass is 414 g/mol. The van der Waals surface area contributed by atoms with Crippen LogP contribution >= 0.6 is 0 Å². The predicted octanol–water partition coefficient (Wildman–Crippen LogP) is 4.10. The highest BCUT2D eigenvalue weighted by Gasteiger charge is 2.44. The number of hydrogen-bond donors (Lipinski definition) is 1. The van der Waals surface area contributed by atoms with Gasteiger partial charge in [-0.25, -0.2) is 0 Å². The number of rotatable bonds is 7. The first-order valence-electron chi connectivity index (χ1n) is 11.0. The van der Waals surface area contributed by atoms with Crippen molar-refractivity contribution >= 4 is 5.91 Å². The molecule has 1 aromatic carbocycles. The van der Waals surface area contributed by atoms with Crippen LogP contribution in [0.3, 0.4) is 0 Å². The van der Waals surface area contributed by atoms with Gasteiger partial charge in [-0.1, -0.05) is 36.4 Å². The summed E-state index contributed by atoms with van der Waals surface area (Å²) in [5.41, 5.74) is 4.16. The Morgan fingerprint density at radius 2 is 1.77 bits per heavy atom. The maximum Gasteiger partial charge on any atom is 0.228 e. The first kappa shape index (κ1) is 21.2. The Hall–Kier alpha value is -3.05. The van der Waals surface area contributed by atoms with E-state index in [2.05, 4.69) is 56.6 Å². The van der Waals surface area contributed by atoms with Crippen molar-refractivity contribution in [2.45, 2.75) is 39.3 Å². The molecule has 1 N–H and O–H groups in total. The highest BCUT2D eigenvalue weighted by molar-refractivity contribution is 5.84. The SMILES string of the molecule is CC(C)NC(=O)C1(Cc2cccc(-c3cccnc3)c2)CCN(Cc2cccnc2)C1. The summed E-state index contributed by atoms with van der Waals surface area (Å²) in [5, 5.41) is 3.19. The van der Waals surface area contributed by atoms with E-state index in [-0.39, 0.29) is 11.9 Å². The number of amides is 1. The molecule has 5 nitrogen and oxygen atoms in total. The Labute approximate surface area is 184 Å². The number of nitrogens with zero attached hydrogens (tertiary/aromatic N) is 3. The van der Waals surface area contributed by atoms with Crippen molar-refractivity contribution in [1.29, 1.82) is 0 Å². The highest BCUT2D eigenvalue weighted by Crippen LogP contribution is 2.36. The molecule has 1 saturated heterocycles. The Morgan fingerprint density at radius 3 is 2.48 bits per heavy atom. The van der Waals surface area contributed by atoms with Gasteiger partial charge in [0.15, 0.2) is 0 Å². The molecule has 1 atom stereocenters. The van der Waals surface area contributed by atoms with Gasteiger partial charge in [0.25, 0.3) is 0 Å². The quantitative estimate of drug-likeness (QED) is 0.632. The zero-order valence-electron chi connectivity index (χ0n) is 18.3. The molecule has 5 heteroatoms. The molecule has 1 aliphatic heterocycles. The Kier molecular flexibility index (Phi) is 6.42. The van der Waals surface area contributed by atoms with E-state index in [0.29, 0.717) is 0 Å². The van der Waals surface area contributed by atoms with Crippen LogP contribution in [0.1, 0.15) is 31.4 Å². The number of aromatic nitrogens is 2. The molecule has 0 bridgehead atoms. The van der Waals surface area contributed by atoms with Gasteiger partial charge in [0, 0.05) is 43.9 Å². The van der Waals surface area contributed by atoms with Crippen LogP contribution in [0.5, 0.6) is 0 Å². The maximum atomic E-state index is 13.4. The van der Waals surface area contributed by atoms with Crippen molar-refractivity contribution in [1.82, 2.24) is 20.2 Å². The molecule has 4 rings (SSSR count). The van der Waals surface area contributed by atoms with Gasteiger partial charge < -0.3 is 5.32 Å². The minimum atomic E-state index is -0.431. The summed E-state index contributed by atoms with van der Waals surface area (Å²) in [6.45, 7) is 6.52. The van der Waals surface area contributed by atoms with E-state index in [1.165, 1.54) is 11.1 Å². The lowest BCUT2D eigenvalue weighted by Crippen LogP contribution is -2.46. The fraction of sp³-hybridized carbons (Fsp3) is 0.346. The van der Waals surface area contributed by atoms with Crippen molar-refractivity contribution in [3.05, 3.63) is 84.4 Å². The fourth-order valence-electron chi connectivity index (χ4n) is 4.45. The van der Waals surface area contributed by atoms with Crippen molar-refractivity contribution in [2.24, 2.45) is 5.41 Å². The maximum absolute atomic E-state index is 13.4. The first-order chi connectivity index (χ1) is 15.0. The van der Waals surface area contributed by atoms with Crippen LogP contribution in [0.25, 0.3) is 11.1 Å². The van der Waals surface area contributed by atoms with Gasteiger partial charge >= 0.3 is 0 Å². The molecule has 1 aliphatic rings. The van der Waals surface area contributed by atoms with Crippen LogP contribution in [-0.2, 0) is 17.8 Å². The average molecular weight is 415 g/mol. The van der Waals surface area contributed by atoms with Gasteiger partial charge in [0.1, 0.15) is 0 Å². The van der Waals surface area contributed by atoms with Crippen LogP contribution in [0.2, 0.25) is 0 Å². The van der Waals surface area contributed by atoms with Gasteiger partial charge in [0.2, 0.25) is 5.91 Å². The smallest absolute Gasteiger partial charge is 0.228 e. The van der Waals surface area contributed by atoms with E-state index in [4.69, 9.17) is 0 Å². The van der Waals surface area contributed by atoms with Crippen molar-refractivity contribution in [3.8, 4) is 11.1 Å². The van der Waals surface area contributed by atoms with E-state index < -0.39 is 5.41 Å². The summed E-state index contributed by atoms with van der Waals surface area (Å²) in [4.78, 5) is 24.2. The summed E-state index contributed by atoms with van der Waals surface area (Å²) in [7, 11) is 0. The molecule has 0 saturated carbocycles. The summed E-state index contributed by atoms with van der Waals surface area (Å²) in [6, 6.07) is 16.7. The normalized spacial score (nSPS) is 18.9. The molecule has 0 radical (unpaired) electrons. The molecule has 2 aromatic heterocycles. The van der Waals surface area contributed by atoms with Crippen LogP contribution in [0.4, 0.5) is 0 Å². The number of hydrogen-bond acceptors (Lipinski definition) is 4. The Balaban J connectivity index is 1.57. The molecule has 160 valence electrons. The van der Waals surface area contributed by atoms with E-state index in [1.54, 1.807) is 12.4 Å². The van der Waals surface area contributed by atoms with E-state index >= 15 is 0 Å². The third-order valence-corrected chi connectivity index (χ3v) is 5.93. The van der Waals surface area contributed by atoms with Gasteiger partial charge in [-0.15, -0.1) is 0 Å². The molecule has 1 unspecified atom stereocenters. The molecule has 0 spiro atoms.